The van der Waals surface area contributed by atoms with E-state index in [-0.39, 0.29) is 42.3 Å². The predicted octanol–water partition coefficient (Wildman–Crippen LogP) is 5.00. The van der Waals surface area contributed by atoms with Gasteiger partial charge in [0, 0.05) is 42.8 Å². The molecule has 0 aliphatic heterocycles. The highest BCUT2D eigenvalue weighted by molar-refractivity contribution is 5.86. The Morgan fingerprint density at radius 3 is 2.24 bits per heavy atom. The van der Waals surface area contributed by atoms with Crippen molar-refractivity contribution in [2.45, 2.75) is 49.7 Å². The molecule has 1 atom stereocenters. The Labute approximate surface area is 216 Å². The summed E-state index contributed by atoms with van der Waals surface area (Å²) in [6.07, 6.45) is 7.01. The molecule has 7 heteroatoms. The molecule has 1 aromatic heterocycles. The number of carbonyl (C=O) groups excluding carboxylic acids is 1. The first kappa shape index (κ1) is 28.2. The van der Waals surface area contributed by atoms with E-state index in [1.165, 1.54) is 16.5 Å². The molecule has 0 radical (unpaired) electrons. The summed E-state index contributed by atoms with van der Waals surface area (Å²) in [6.45, 7) is 0. The number of nitrogens with zero attached hydrogens (tertiary/aromatic N) is 2. The van der Waals surface area contributed by atoms with Crippen LogP contribution in [0.25, 0.3) is 10.9 Å². The fourth-order valence-corrected chi connectivity index (χ4v) is 5.34. The number of aromatic amines is 1. The van der Waals surface area contributed by atoms with Crippen LogP contribution in [0.15, 0.2) is 60.8 Å². The number of rotatable bonds is 7. The Kier molecular flexibility index (Phi) is 10.0. The van der Waals surface area contributed by atoms with Crippen LogP contribution >= 0.6 is 24.8 Å². The third-order valence-electron chi connectivity index (χ3n) is 7.25. The highest BCUT2D eigenvalue weighted by Gasteiger charge is 2.39. The molecule has 0 spiro atoms. The third kappa shape index (κ3) is 5.77. The van der Waals surface area contributed by atoms with E-state index in [9.17, 15) is 4.79 Å². The number of para-hydroxylation sites is 1. The van der Waals surface area contributed by atoms with Crippen molar-refractivity contribution >= 4 is 41.6 Å². The quantitative estimate of drug-likeness (QED) is 0.475. The number of amides is 1. The molecule has 1 unspecified atom stereocenters. The van der Waals surface area contributed by atoms with Crippen molar-refractivity contribution < 1.29 is 4.79 Å². The summed E-state index contributed by atoms with van der Waals surface area (Å²) in [5, 5.41) is 4.94. The average Bonchev–Trinajstić information content (AvgIpc) is 3.22. The van der Waals surface area contributed by atoms with Gasteiger partial charge in [-0.25, -0.2) is 0 Å². The number of aromatic nitrogens is 1. The first-order valence-corrected chi connectivity index (χ1v) is 11.7. The monoisotopic (exact) mass is 504 g/mol. The second-order valence-corrected chi connectivity index (χ2v) is 9.58. The largest absolute Gasteiger partial charge is 0.361 e. The van der Waals surface area contributed by atoms with E-state index in [0.29, 0.717) is 12.5 Å². The van der Waals surface area contributed by atoms with Crippen molar-refractivity contribution in [3.63, 3.8) is 0 Å². The van der Waals surface area contributed by atoms with E-state index in [2.05, 4.69) is 84.0 Å². The van der Waals surface area contributed by atoms with E-state index in [1.54, 1.807) is 4.90 Å². The summed E-state index contributed by atoms with van der Waals surface area (Å²) < 4.78 is 0. The minimum absolute atomic E-state index is 0. The molecule has 1 heterocycles. The van der Waals surface area contributed by atoms with Crippen LogP contribution in [-0.2, 0) is 16.8 Å². The minimum Gasteiger partial charge on any atom is -0.361 e. The van der Waals surface area contributed by atoms with E-state index < -0.39 is 0 Å². The molecule has 3 aromatic rings. The fourth-order valence-electron chi connectivity index (χ4n) is 5.34. The zero-order chi connectivity index (χ0) is 22.7. The number of hydrogen-bond acceptors (Lipinski definition) is 3. The van der Waals surface area contributed by atoms with Crippen molar-refractivity contribution in [1.82, 2.24) is 20.1 Å². The topological polar surface area (TPSA) is 51.4 Å². The summed E-state index contributed by atoms with van der Waals surface area (Å²) >= 11 is 0. The molecule has 1 aliphatic carbocycles. The summed E-state index contributed by atoms with van der Waals surface area (Å²) in [4.78, 5) is 20.5. The molecule has 0 bridgehead atoms. The number of benzene rings is 2. The van der Waals surface area contributed by atoms with Crippen LogP contribution in [0, 0.1) is 0 Å². The van der Waals surface area contributed by atoms with Gasteiger partial charge in [0.2, 0.25) is 5.91 Å². The molecule has 2 aromatic carbocycles. The van der Waals surface area contributed by atoms with Gasteiger partial charge in [0.05, 0.1) is 6.04 Å². The van der Waals surface area contributed by atoms with Crippen LogP contribution in [0.2, 0.25) is 0 Å². The van der Waals surface area contributed by atoms with Gasteiger partial charge in [0.1, 0.15) is 0 Å². The Hall–Kier alpha value is -2.05. The number of fused-ring (bicyclic) bond motifs is 1. The zero-order valence-corrected chi connectivity index (χ0v) is 22.2. The first-order valence-electron chi connectivity index (χ1n) is 11.7. The number of nitrogens with one attached hydrogen (secondary N) is 2. The van der Waals surface area contributed by atoms with Gasteiger partial charge in [-0.3, -0.25) is 9.69 Å². The molecule has 5 nitrogen and oxygen atoms in total. The van der Waals surface area contributed by atoms with Crippen LogP contribution in [0.4, 0.5) is 0 Å². The molecule has 1 aliphatic rings. The maximum absolute atomic E-state index is 13.1. The van der Waals surface area contributed by atoms with Gasteiger partial charge in [-0.15, -0.1) is 24.8 Å². The number of halogens is 2. The lowest BCUT2D eigenvalue weighted by molar-refractivity contribution is -0.131. The lowest BCUT2D eigenvalue weighted by atomic mass is 9.74. The Bertz CT molecular complexity index is 1040. The number of hydrogen-bond donors (Lipinski definition) is 2. The van der Waals surface area contributed by atoms with Crippen LogP contribution < -0.4 is 5.32 Å². The van der Waals surface area contributed by atoms with Crippen molar-refractivity contribution in [1.29, 1.82) is 0 Å². The highest BCUT2D eigenvalue weighted by Crippen LogP contribution is 2.41. The SMILES string of the molecule is CN(C)C(=O)C(Cc1c[nH]c2ccccc12)NC1CCC(c2ccccc2)(N(C)C)CC1.Cl.Cl. The Morgan fingerprint density at radius 2 is 1.62 bits per heavy atom. The first-order chi connectivity index (χ1) is 15.4. The zero-order valence-electron chi connectivity index (χ0n) is 20.6. The molecular formula is C27H38Cl2N4O. The fraction of sp³-hybridized carbons (Fsp3) is 0.444. The normalized spacial score (nSPS) is 20.9. The van der Waals surface area contributed by atoms with Crippen molar-refractivity contribution in [3.05, 3.63) is 71.9 Å². The lowest BCUT2D eigenvalue weighted by Gasteiger charge is -2.46. The summed E-state index contributed by atoms with van der Waals surface area (Å²) in [5.74, 6) is 0.141. The molecule has 2 N–H and O–H groups in total. The Balaban J connectivity index is 0.00000204. The maximum atomic E-state index is 13.1. The average molecular weight is 506 g/mol. The molecule has 1 amide bonds. The predicted molar refractivity (Wildman–Crippen MR) is 146 cm³/mol. The molecule has 186 valence electrons. The minimum atomic E-state index is -0.224. The molecule has 0 saturated heterocycles. The van der Waals surface area contributed by atoms with Gasteiger partial charge < -0.3 is 15.2 Å². The van der Waals surface area contributed by atoms with E-state index in [4.69, 9.17) is 0 Å². The lowest BCUT2D eigenvalue weighted by Crippen LogP contribution is -2.53. The second kappa shape index (κ2) is 12.1. The summed E-state index contributed by atoms with van der Waals surface area (Å²) in [5.41, 5.74) is 3.77. The van der Waals surface area contributed by atoms with E-state index >= 15 is 0 Å². The van der Waals surface area contributed by atoms with Gasteiger partial charge in [0.15, 0.2) is 0 Å². The van der Waals surface area contributed by atoms with Gasteiger partial charge >= 0.3 is 0 Å². The van der Waals surface area contributed by atoms with Crippen LogP contribution in [0.5, 0.6) is 0 Å². The highest BCUT2D eigenvalue weighted by atomic mass is 35.5. The van der Waals surface area contributed by atoms with Crippen molar-refractivity contribution in [3.8, 4) is 0 Å². The van der Waals surface area contributed by atoms with E-state index in [1.807, 2.05) is 20.2 Å². The number of carbonyl (C=O) groups is 1. The second-order valence-electron chi connectivity index (χ2n) is 9.58. The summed E-state index contributed by atoms with van der Waals surface area (Å²) in [6, 6.07) is 19.3. The van der Waals surface area contributed by atoms with Gasteiger partial charge in [-0.1, -0.05) is 48.5 Å². The molecule has 1 fully saturated rings. The number of H-pyrrole nitrogens is 1. The molecule has 4 rings (SSSR count). The Morgan fingerprint density at radius 1 is 1.00 bits per heavy atom. The van der Waals surface area contributed by atoms with Crippen LogP contribution in [0.1, 0.15) is 36.8 Å². The number of likely N-dealkylation sites (N-methyl/N-ethyl adjacent to an activating group) is 1. The smallest absolute Gasteiger partial charge is 0.239 e. The molecule has 34 heavy (non-hydrogen) atoms. The van der Waals surface area contributed by atoms with Crippen LogP contribution in [0.3, 0.4) is 0 Å². The molecular weight excluding hydrogens is 467 g/mol. The van der Waals surface area contributed by atoms with Gasteiger partial charge in [0.25, 0.3) is 0 Å². The maximum Gasteiger partial charge on any atom is 0.239 e. The van der Waals surface area contributed by atoms with Gasteiger partial charge in [-0.2, -0.15) is 0 Å². The standard InChI is InChI=1S/C27H36N4O.2ClH/c1-30(2)26(32)25(18-20-19-28-24-13-9-8-12-23(20)24)29-22-14-16-27(17-15-22,31(3)4)21-10-6-5-7-11-21;;/h5-13,19,22,25,28-29H,14-18H2,1-4H3;2*1H. The summed E-state index contributed by atoms with van der Waals surface area (Å²) in [7, 11) is 8.07. The molecule has 1 saturated carbocycles. The van der Waals surface area contributed by atoms with Crippen molar-refractivity contribution in [2.75, 3.05) is 28.2 Å². The van der Waals surface area contributed by atoms with Crippen molar-refractivity contribution in [2.24, 2.45) is 0 Å². The van der Waals surface area contributed by atoms with E-state index in [0.717, 1.165) is 31.2 Å². The third-order valence-corrected chi connectivity index (χ3v) is 7.25. The van der Waals surface area contributed by atoms with Crippen LogP contribution in [-0.4, -0.2) is 61.0 Å². The van der Waals surface area contributed by atoms with Gasteiger partial charge in [-0.05, 0) is 63.4 Å².